The van der Waals surface area contributed by atoms with Crippen molar-refractivity contribution in [2.75, 3.05) is 11.9 Å². The first-order valence-electron chi connectivity index (χ1n) is 8.02. The molecule has 0 fully saturated rings. The summed E-state index contributed by atoms with van der Waals surface area (Å²) in [5, 5.41) is 15.9. The number of anilines is 1. The Hall–Kier alpha value is -1.97. The van der Waals surface area contributed by atoms with E-state index >= 15 is 0 Å². The molecule has 0 radical (unpaired) electrons. The standard InChI is InChI=1S/C17H20F3N3O2S/c1-11(2-3-12-4-6-13(7-5-12)22-10-24)21-8-15(25)14-9-26-16(23-14)17(18,19)20/h4-7,9-11,15,21,25H,2-3,8H2,1H3,(H,22,24). The van der Waals surface area contributed by atoms with Crippen molar-refractivity contribution in [2.45, 2.75) is 38.1 Å². The van der Waals surface area contributed by atoms with Crippen molar-refractivity contribution < 1.29 is 23.1 Å². The quantitative estimate of drug-likeness (QED) is 0.577. The van der Waals surface area contributed by atoms with Crippen LogP contribution in [0, 0.1) is 0 Å². The van der Waals surface area contributed by atoms with Gasteiger partial charge in [0.1, 0.15) is 6.10 Å². The number of halogens is 3. The van der Waals surface area contributed by atoms with Gasteiger partial charge >= 0.3 is 6.18 Å². The van der Waals surface area contributed by atoms with E-state index in [0.29, 0.717) is 17.7 Å². The topological polar surface area (TPSA) is 74.2 Å². The molecule has 0 aliphatic rings. The molecule has 0 spiro atoms. The molecule has 0 saturated carbocycles. The van der Waals surface area contributed by atoms with Crippen molar-refractivity contribution in [2.24, 2.45) is 0 Å². The molecule has 1 aromatic carbocycles. The van der Waals surface area contributed by atoms with Crippen molar-refractivity contribution in [1.29, 1.82) is 0 Å². The fourth-order valence-electron chi connectivity index (χ4n) is 2.31. The van der Waals surface area contributed by atoms with Gasteiger partial charge in [-0.3, -0.25) is 4.79 Å². The summed E-state index contributed by atoms with van der Waals surface area (Å²) in [6, 6.07) is 7.53. The van der Waals surface area contributed by atoms with Gasteiger partial charge in [-0.25, -0.2) is 4.98 Å². The summed E-state index contributed by atoms with van der Waals surface area (Å²) in [5.41, 5.74) is 1.85. The van der Waals surface area contributed by atoms with E-state index in [1.165, 1.54) is 5.38 Å². The number of nitrogens with one attached hydrogen (secondary N) is 2. The number of aliphatic hydroxyl groups is 1. The zero-order chi connectivity index (χ0) is 19.2. The Morgan fingerprint density at radius 2 is 2.00 bits per heavy atom. The van der Waals surface area contributed by atoms with Crippen LogP contribution in [0.4, 0.5) is 18.9 Å². The van der Waals surface area contributed by atoms with Gasteiger partial charge in [-0.05, 0) is 37.5 Å². The SMILES string of the molecule is CC(CCc1ccc(NC=O)cc1)NCC(O)c1csc(C(F)(F)F)n1. The van der Waals surface area contributed by atoms with Gasteiger partial charge in [0.25, 0.3) is 0 Å². The van der Waals surface area contributed by atoms with Crippen LogP contribution in [0.15, 0.2) is 29.6 Å². The molecule has 2 unspecified atom stereocenters. The highest BCUT2D eigenvalue weighted by Crippen LogP contribution is 2.32. The third-order valence-corrected chi connectivity index (χ3v) is 4.72. The molecule has 26 heavy (non-hydrogen) atoms. The summed E-state index contributed by atoms with van der Waals surface area (Å²) in [6.45, 7) is 2.07. The van der Waals surface area contributed by atoms with E-state index in [1.54, 1.807) is 0 Å². The van der Waals surface area contributed by atoms with E-state index in [4.69, 9.17) is 0 Å². The first kappa shape index (κ1) is 20.3. The second-order valence-corrected chi connectivity index (χ2v) is 6.76. The molecule has 3 N–H and O–H groups in total. The van der Waals surface area contributed by atoms with Gasteiger partial charge in [0.05, 0.1) is 5.69 Å². The van der Waals surface area contributed by atoms with Crippen molar-refractivity contribution in [3.63, 3.8) is 0 Å². The number of aliphatic hydroxyl groups excluding tert-OH is 1. The summed E-state index contributed by atoms with van der Waals surface area (Å²) < 4.78 is 37.6. The predicted octanol–water partition coefficient (Wildman–Crippen LogP) is 3.37. The number of thiazole rings is 1. The summed E-state index contributed by atoms with van der Waals surface area (Å²) in [6.07, 6.45) is -3.37. The minimum Gasteiger partial charge on any atom is -0.385 e. The van der Waals surface area contributed by atoms with Crippen molar-refractivity contribution in [1.82, 2.24) is 10.3 Å². The molecule has 142 valence electrons. The molecule has 0 bridgehead atoms. The van der Waals surface area contributed by atoms with Crippen LogP contribution < -0.4 is 10.6 Å². The first-order valence-corrected chi connectivity index (χ1v) is 8.90. The second-order valence-electron chi connectivity index (χ2n) is 5.90. The van der Waals surface area contributed by atoms with Crippen LogP contribution in [0.5, 0.6) is 0 Å². The number of rotatable bonds is 9. The van der Waals surface area contributed by atoms with Gasteiger partial charge in [-0.1, -0.05) is 12.1 Å². The second kappa shape index (κ2) is 9.11. The summed E-state index contributed by atoms with van der Waals surface area (Å²) >= 11 is 0.480. The Morgan fingerprint density at radius 1 is 1.31 bits per heavy atom. The van der Waals surface area contributed by atoms with Crippen LogP contribution >= 0.6 is 11.3 Å². The molecular formula is C17H20F3N3O2S. The molecule has 5 nitrogen and oxygen atoms in total. The molecule has 9 heteroatoms. The zero-order valence-electron chi connectivity index (χ0n) is 14.1. The van der Waals surface area contributed by atoms with Crippen LogP contribution in [-0.4, -0.2) is 29.1 Å². The maximum absolute atomic E-state index is 12.5. The van der Waals surface area contributed by atoms with E-state index in [-0.39, 0.29) is 18.3 Å². The van der Waals surface area contributed by atoms with Crippen LogP contribution in [0.25, 0.3) is 0 Å². The summed E-state index contributed by atoms with van der Waals surface area (Å²) in [7, 11) is 0. The van der Waals surface area contributed by atoms with Crippen LogP contribution in [0.3, 0.4) is 0 Å². The van der Waals surface area contributed by atoms with E-state index in [9.17, 15) is 23.1 Å². The van der Waals surface area contributed by atoms with Crippen molar-refractivity contribution in [3.8, 4) is 0 Å². The van der Waals surface area contributed by atoms with E-state index in [0.717, 1.165) is 24.1 Å². The Bertz CT molecular complexity index is 704. The molecule has 2 aromatic rings. The highest BCUT2D eigenvalue weighted by molar-refractivity contribution is 7.09. The van der Waals surface area contributed by atoms with Gasteiger partial charge in [0, 0.05) is 23.7 Å². The highest BCUT2D eigenvalue weighted by atomic mass is 32.1. The molecule has 0 aliphatic carbocycles. The Kier molecular flexibility index (Phi) is 7.13. The summed E-state index contributed by atoms with van der Waals surface area (Å²) in [4.78, 5) is 13.8. The Labute approximate surface area is 153 Å². The molecule has 0 saturated heterocycles. The number of hydrogen-bond acceptors (Lipinski definition) is 5. The maximum Gasteiger partial charge on any atom is 0.443 e. The Morgan fingerprint density at radius 3 is 2.58 bits per heavy atom. The van der Waals surface area contributed by atoms with Gasteiger partial charge in [0.15, 0.2) is 5.01 Å². The first-order chi connectivity index (χ1) is 12.3. The number of carbonyl (C=O) groups is 1. The number of amides is 1. The largest absolute Gasteiger partial charge is 0.443 e. The van der Waals surface area contributed by atoms with Crippen LogP contribution in [-0.2, 0) is 17.4 Å². The molecule has 0 aliphatic heterocycles. The smallest absolute Gasteiger partial charge is 0.385 e. The molecular weight excluding hydrogens is 367 g/mol. The van der Waals surface area contributed by atoms with Gasteiger partial charge in [-0.15, -0.1) is 11.3 Å². The van der Waals surface area contributed by atoms with Crippen LogP contribution in [0.2, 0.25) is 0 Å². The predicted molar refractivity (Wildman–Crippen MR) is 94.0 cm³/mol. The van der Waals surface area contributed by atoms with Gasteiger partial charge < -0.3 is 15.7 Å². The minimum atomic E-state index is -4.49. The molecule has 2 rings (SSSR count). The lowest BCUT2D eigenvalue weighted by Crippen LogP contribution is -2.31. The number of alkyl halides is 3. The molecule has 1 amide bonds. The van der Waals surface area contributed by atoms with Gasteiger partial charge in [0.2, 0.25) is 6.41 Å². The number of hydrogen-bond donors (Lipinski definition) is 3. The monoisotopic (exact) mass is 387 g/mol. The fourth-order valence-corrected chi connectivity index (χ4v) is 3.04. The van der Waals surface area contributed by atoms with E-state index in [2.05, 4.69) is 15.6 Å². The lowest BCUT2D eigenvalue weighted by atomic mass is 10.1. The fraction of sp³-hybridized carbons (Fsp3) is 0.412. The number of nitrogens with zero attached hydrogens (tertiary/aromatic N) is 1. The number of carbonyl (C=O) groups excluding carboxylic acids is 1. The number of benzene rings is 1. The molecule has 1 heterocycles. The molecule has 1 aromatic heterocycles. The highest BCUT2D eigenvalue weighted by Gasteiger charge is 2.35. The minimum absolute atomic E-state index is 0.0280. The van der Waals surface area contributed by atoms with E-state index in [1.807, 2.05) is 31.2 Å². The lowest BCUT2D eigenvalue weighted by molar-refractivity contribution is -0.137. The third kappa shape index (κ3) is 6.08. The summed E-state index contributed by atoms with van der Waals surface area (Å²) in [5.74, 6) is 0. The number of aromatic nitrogens is 1. The van der Waals surface area contributed by atoms with E-state index < -0.39 is 17.3 Å². The lowest BCUT2D eigenvalue weighted by Gasteiger charge is -2.16. The van der Waals surface area contributed by atoms with Crippen molar-refractivity contribution in [3.05, 3.63) is 45.9 Å². The zero-order valence-corrected chi connectivity index (χ0v) is 14.9. The van der Waals surface area contributed by atoms with Crippen molar-refractivity contribution >= 4 is 23.4 Å². The average molecular weight is 387 g/mol. The van der Waals surface area contributed by atoms with Gasteiger partial charge in [-0.2, -0.15) is 13.2 Å². The average Bonchev–Trinajstić information content (AvgIpc) is 3.10. The van der Waals surface area contributed by atoms with Crippen LogP contribution in [0.1, 0.15) is 35.7 Å². The molecule has 2 atom stereocenters. The maximum atomic E-state index is 12.5. The normalized spacial score (nSPS) is 14.0. The Balaban J connectivity index is 1.76. The third-order valence-electron chi connectivity index (χ3n) is 3.81. The number of aryl methyl sites for hydroxylation is 1.